The summed E-state index contributed by atoms with van der Waals surface area (Å²) in [6.07, 6.45) is 0. The number of benzene rings is 3. The highest BCUT2D eigenvalue weighted by Crippen LogP contribution is 2.43. The van der Waals surface area contributed by atoms with Gasteiger partial charge in [-0.25, -0.2) is 0 Å². The molecule has 0 radical (unpaired) electrons. The number of para-hydroxylation sites is 1. The summed E-state index contributed by atoms with van der Waals surface area (Å²) in [5.41, 5.74) is 0.862. The summed E-state index contributed by atoms with van der Waals surface area (Å²) < 4.78 is 27.7. The molecule has 0 bridgehead atoms. The van der Waals surface area contributed by atoms with Gasteiger partial charge in [0.05, 0.1) is 26.9 Å². The number of ether oxygens (including phenoxy) is 4. The van der Waals surface area contributed by atoms with E-state index in [0.29, 0.717) is 22.6 Å². The maximum Gasteiger partial charge on any atom is 0.322 e. The number of amides is 2. The molecule has 0 saturated carbocycles. The fourth-order valence-corrected chi connectivity index (χ4v) is 4.02. The number of methoxy groups -OCH3 is 3. The molecule has 0 aliphatic rings. The number of anilines is 1. The maximum absolute atomic E-state index is 13.3. The molecule has 0 aliphatic heterocycles. The van der Waals surface area contributed by atoms with Crippen molar-refractivity contribution in [2.75, 3.05) is 39.8 Å². The molecule has 12 heteroatoms. The van der Waals surface area contributed by atoms with Crippen molar-refractivity contribution < 1.29 is 42.9 Å². The standard InChI is InChI=1S/C29H26N2O10/c1-37-20-10-5-4-9-18(20)29(36)31-17-8-6-7-16(11-17)21-12-19(32)26-22(41-21)13-23(38-2)27(39-3)28(26)40-15-24(33)30-14-25(34)35/h4-13H,14-15H2,1-3H3,(H,30,33)(H,31,36)(H,34,35). The van der Waals surface area contributed by atoms with Crippen LogP contribution in [0, 0.1) is 0 Å². The van der Waals surface area contributed by atoms with E-state index in [9.17, 15) is 19.2 Å². The van der Waals surface area contributed by atoms with E-state index in [4.69, 9.17) is 28.5 Å². The Bertz CT molecular complexity index is 1680. The van der Waals surface area contributed by atoms with Crippen molar-refractivity contribution in [2.24, 2.45) is 0 Å². The summed E-state index contributed by atoms with van der Waals surface area (Å²) >= 11 is 0. The number of nitrogens with one attached hydrogen (secondary N) is 2. The Morgan fingerprint density at radius 2 is 1.63 bits per heavy atom. The van der Waals surface area contributed by atoms with Crippen LogP contribution in [-0.2, 0) is 9.59 Å². The molecule has 4 rings (SSSR count). The second-order valence-electron chi connectivity index (χ2n) is 8.48. The lowest BCUT2D eigenvalue weighted by atomic mass is 10.1. The van der Waals surface area contributed by atoms with Gasteiger partial charge in [-0.05, 0) is 24.3 Å². The number of carbonyl (C=O) groups excluding carboxylic acids is 2. The molecule has 12 nitrogen and oxygen atoms in total. The molecular formula is C29H26N2O10. The van der Waals surface area contributed by atoms with E-state index in [0.717, 1.165) is 0 Å². The fraction of sp³-hybridized carbons (Fsp3) is 0.172. The fourth-order valence-electron chi connectivity index (χ4n) is 4.02. The van der Waals surface area contributed by atoms with Gasteiger partial charge in [-0.15, -0.1) is 0 Å². The number of fused-ring (bicyclic) bond motifs is 1. The predicted molar refractivity (Wildman–Crippen MR) is 148 cm³/mol. The van der Waals surface area contributed by atoms with E-state index in [1.807, 2.05) is 0 Å². The van der Waals surface area contributed by atoms with Crippen molar-refractivity contribution in [3.05, 3.63) is 76.5 Å². The molecular weight excluding hydrogens is 536 g/mol. The minimum atomic E-state index is -1.22. The number of carboxylic acids is 1. The number of aliphatic carboxylic acids is 1. The van der Waals surface area contributed by atoms with Crippen LogP contribution in [0.5, 0.6) is 23.0 Å². The van der Waals surface area contributed by atoms with Gasteiger partial charge in [-0.3, -0.25) is 19.2 Å². The lowest BCUT2D eigenvalue weighted by Gasteiger charge is -2.16. The molecule has 212 valence electrons. The molecule has 1 aromatic heterocycles. The first-order chi connectivity index (χ1) is 19.7. The minimum Gasteiger partial charge on any atom is -0.496 e. The van der Waals surface area contributed by atoms with Crippen molar-refractivity contribution >= 4 is 34.4 Å². The van der Waals surface area contributed by atoms with Crippen LogP contribution < -0.4 is 35.0 Å². The zero-order valence-corrected chi connectivity index (χ0v) is 22.3. The Hall–Kier alpha value is -5.52. The first-order valence-corrected chi connectivity index (χ1v) is 12.1. The van der Waals surface area contributed by atoms with E-state index >= 15 is 0 Å². The Labute approximate surface area is 233 Å². The molecule has 0 fully saturated rings. The van der Waals surface area contributed by atoms with E-state index in [1.165, 1.54) is 33.5 Å². The van der Waals surface area contributed by atoms with Crippen molar-refractivity contribution in [1.82, 2.24) is 5.32 Å². The highest BCUT2D eigenvalue weighted by molar-refractivity contribution is 6.06. The van der Waals surface area contributed by atoms with Crippen LogP contribution in [-0.4, -0.2) is 57.4 Å². The summed E-state index contributed by atoms with van der Waals surface area (Å²) in [6.45, 7) is -1.19. The van der Waals surface area contributed by atoms with Crippen molar-refractivity contribution in [1.29, 1.82) is 0 Å². The van der Waals surface area contributed by atoms with Gasteiger partial charge < -0.3 is 39.1 Å². The smallest absolute Gasteiger partial charge is 0.322 e. The third kappa shape index (κ3) is 6.38. The molecule has 0 aliphatic carbocycles. The van der Waals surface area contributed by atoms with E-state index < -0.39 is 30.5 Å². The Kier molecular flexibility index (Phi) is 8.72. The van der Waals surface area contributed by atoms with Gasteiger partial charge in [0.25, 0.3) is 11.8 Å². The lowest BCUT2D eigenvalue weighted by molar-refractivity contribution is -0.138. The molecule has 41 heavy (non-hydrogen) atoms. The quantitative estimate of drug-likeness (QED) is 0.247. The first-order valence-electron chi connectivity index (χ1n) is 12.1. The van der Waals surface area contributed by atoms with Crippen LogP contribution in [0.2, 0.25) is 0 Å². The number of carboxylic acid groups (broad SMARTS) is 1. The number of rotatable bonds is 11. The molecule has 4 aromatic rings. The normalized spacial score (nSPS) is 10.5. The summed E-state index contributed by atoms with van der Waals surface area (Å²) in [6, 6.07) is 16.2. The van der Waals surface area contributed by atoms with Gasteiger partial charge in [0, 0.05) is 23.4 Å². The van der Waals surface area contributed by atoms with Crippen molar-refractivity contribution in [2.45, 2.75) is 0 Å². The molecule has 3 N–H and O–H groups in total. The zero-order chi connectivity index (χ0) is 29.5. The number of hydrogen-bond acceptors (Lipinski definition) is 9. The summed E-state index contributed by atoms with van der Waals surface area (Å²) in [4.78, 5) is 49.0. The molecule has 0 saturated heterocycles. The second-order valence-corrected chi connectivity index (χ2v) is 8.48. The highest BCUT2D eigenvalue weighted by Gasteiger charge is 2.23. The van der Waals surface area contributed by atoms with Gasteiger partial charge in [0.15, 0.2) is 23.5 Å². The largest absolute Gasteiger partial charge is 0.496 e. The molecule has 0 atom stereocenters. The first kappa shape index (κ1) is 28.5. The minimum absolute atomic E-state index is 0.0157. The Balaban J connectivity index is 1.70. The topological polar surface area (TPSA) is 163 Å². The lowest BCUT2D eigenvalue weighted by Crippen LogP contribution is -2.33. The summed E-state index contributed by atoms with van der Waals surface area (Å²) in [5.74, 6) is -1.61. The van der Waals surface area contributed by atoms with Crippen LogP contribution in [0.25, 0.3) is 22.3 Å². The number of hydrogen-bond donors (Lipinski definition) is 3. The SMILES string of the molecule is COc1ccccc1C(=O)Nc1cccc(-c2cc(=O)c3c(OCC(=O)NCC(=O)O)c(OC)c(OC)cc3o2)c1. The van der Waals surface area contributed by atoms with E-state index in [2.05, 4.69) is 10.6 Å². The van der Waals surface area contributed by atoms with Gasteiger partial charge in [0.1, 0.15) is 29.0 Å². The average Bonchev–Trinajstić information content (AvgIpc) is 2.98. The van der Waals surface area contributed by atoms with Gasteiger partial charge in [-0.2, -0.15) is 0 Å². The molecule has 2 amide bonds. The van der Waals surface area contributed by atoms with Gasteiger partial charge >= 0.3 is 5.97 Å². The van der Waals surface area contributed by atoms with Crippen LogP contribution in [0.3, 0.4) is 0 Å². The van der Waals surface area contributed by atoms with Crippen LogP contribution >= 0.6 is 0 Å². The highest BCUT2D eigenvalue weighted by atomic mass is 16.5. The van der Waals surface area contributed by atoms with Crippen LogP contribution in [0.15, 0.2) is 69.9 Å². The molecule has 0 spiro atoms. The predicted octanol–water partition coefficient (Wildman–Crippen LogP) is 3.32. The van der Waals surface area contributed by atoms with Crippen LogP contribution in [0.4, 0.5) is 5.69 Å². The van der Waals surface area contributed by atoms with E-state index in [-0.39, 0.29) is 39.9 Å². The Morgan fingerprint density at radius 3 is 2.34 bits per heavy atom. The molecule has 0 unspecified atom stereocenters. The van der Waals surface area contributed by atoms with Crippen molar-refractivity contribution in [3.8, 4) is 34.3 Å². The van der Waals surface area contributed by atoms with Gasteiger partial charge in [-0.1, -0.05) is 24.3 Å². The average molecular weight is 563 g/mol. The third-order valence-corrected chi connectivity index (χ3v) is 5.86. The van der Waals surface area contributed by atoms with E-state index in [1.54, 1.807) is 48.5 Å². The second kappa shape index (κ2) is 12.6. The molecule has 1 heterocycles. The van der Waals surface area contributed by atoms with Crippen LogP contribution in [0.1, 0.15) is 10.4 Å². The monoisotopic (exact) mass is 562 g/mol. The summed E-state index contributed by atoms with van der Waals surface area (Å²) in [7, 11) is 4.19. The number of carbonyl (C=O) groups is 3. The Morgan fingerprint density at radius 1 is 0.878 bits per heavy atom. The zero-order valence-electron chi connectivity index (χ0n) is 22.3. The third-order valence-electron chi connectivity index (χ3n) is 5.86. The molecule has 3 aromatic carbocycles. The van der Waals surface area contributed by atoms with Gasteiger partial charge in [0.2, 0.25) is 5.75 Å². The maximum atomic E-state index is 13.3. The summed E-state index contributed by atoms with van der Waals surface area (Å²) in [5, 5.41) is 13.7. The van der Waals surface area contributed by atoms with Crippen molar-refractivity contribution in [3.63, 3.8) is 0 Å².